The highest BCUT2D eigenvalue weighted by atomic mass is 32.2. The number of carbonyl (C=O) groups is 1. The van der Waals surface area contributed by atoms with Crippen molar-refractivity contribution >= 4 is 21.5 Å². The summed E-state index contributed by atoms with van der Waals surface area (Å²) < 4.78 is 40.9. The van der Waals surface area contributed by atoms with Crippen molar-refractivity contribution in [2.24, 2.45) is 0 Å². The van der Waals surface area contributed by atoms with Crippen LogP contribution in [0.2, 0.25) is 0 Å². The lowest BCUT2D eigenvalue weighted by molar-refractivity contribution is 0.101. The van der Waals surface area contributed by atoms with Crippen LogP contribution < -0.4 is 19.5 Å². The van der Waals surface area contributed by atoms with E-state index in [1.807, 2.05) is 30.3 Å². The average molecular weight is 588 g/mol. The van der Waals surface area contributed by atoms with Crippen LogP contribution in [0.1, 0.15) is 40.9 Å². The minimum Gasteiger partial charge on any atom is -0.495 e. The molecule has 0 aliphatic carbocycles. The molecule has 0 bridgehead atoms. The van der Waals surface area contributed by atoms with Crippen molar-refractivity contribution in [3.05, 3.63) is 102 Å². The summed E-state index contributed by atoms with van der Waals surface area (Å²) in [5, 5.41) is 13.6. The first kappa shape index (κ1) is 29.2. The molecule has 0 amide bonds. The smallest absolute Gasteiger partial charge is 0.265 e. The number of methoxy groups -OCH3 is 1. The van der Waals surface area contributed by atoms with Crippen LogP contribution in [0.4, 0.5) is 5.69 Å². The molecule has 218 valence electrons. The molecule has 0 unspecified atom stereocenters. The Labute approximate surface area is 245 Å². The Hall–Kier alpha value is -4.25. The molecule has 0 radical (unpaired) electrons. The van der Waals surface area contributed by atoms with Gasteiger partial charge in [-0.15, -0.1) is 0 Å². The highest BCUT2D eigenvalue weighted by molar-refractivity contribution is 7.92. The highest BCUT2D eigenvalue weighted by Crippen LogP contribution is 2.35. The Bertz CT molecular complexity index is 1660. The zero-order chi connectivity index (χ0) is 29.7. The molecule has 9 nitrogen and oxygen atoms in total. The van der Waals surface area contributed by atoms with Crippen LogP contribution in [0.25, 0.3) is 11.1 Å². The van der Waals surface area contributed by atoms with E-state index in [0.29, 0.717) is 24.3 Å². The molecule has 4 aromatic rings. The third kappa shape index (κ3) is 6.79. The molecule has 0 saturated carbocycles. The van der Waals surface area contributed by atoms with E-state index in [4.69, 9.17) is 9.47 Å². The van der Waals surface area contributed by atoms with Crippen molar-refractivity contribution in [2.75, 3.05) is 24.9 Å². The zero-order valence-corrected chi connectivity index (χ0v) is 24.2. The minimum absolute atomic E-state index is 0.00623. The predicted molar refractivity (Wildman–Crippen MR) is 160 cm³/mol. The van der Waals surface area contributed by atoms with Gasteiger partial charge in [-0.1, -0.05) is 18.2 Å². The molecule has 1 aromatic heterocycles. The van der Waals surface area contributed by atoms with E-state index >= 15 is 0 Å². The fourth-order valence-corrected chi connectivity index (χ4v) is 6.14. The molecule has 3 N–H and O–H groups in total. The van der Waals surface area contributed by atoms with E-state index in [-0.39, 0.29) is 22.5 Å². The zero-order valence-electron chi connectivity index (χ0n) is 23.4. The third-order valence-electron chi connectivity index (χ3n) is 7.20. The SMILES string of the molecule is COc1ccc(-c2ccc3c(c2)CC[C@H](CNC[C@H](O)c2cccnc2)O3)cc1S(=O)(=O)Nc1ccc(C(C)=O)cc1. The molecule has 0 spiro atoms. The fraction of sp³-hybridized carbons (Fsp3) is 0.250. The van der Waals surface area contributed by atoms with E-state index in [1.165, 1.54) is 14.0 Å². The molecule has 0 saturated heterocycles. The second kappa shape index (κ2) is 12.7. The van der Waals surface area contributed by atoms with Gasteiger partial charge in [-0.3, -0.25) is 14.5 Å². The Kier molecular flexibility index (Phi) is 8.86. The van der Waals surface area contributed by atoms with E-state index < -0.39 is 16.1 Å². The molecule has 1 aliphatic rings. The van der Waals surface area contributed by atoms with Gasteiger partial charge in [-0.25, -0.2) is 8.42 Å². The van der Waals surface area contributed by atoms with Crippen LogP contribution in [0.5, 0.6) is 11.5 Å². The van der Waals surface area contributed by atoms with E-state index in [9.17, 15) is 18.3 Å². The standard InChI is InChI=1S/C32H33N3O6S/c1-21(36)22-5-10-27(11-6-22)35-42(38,39)32-17-24(9-14-31(32)40-2)23-8-13-30-25(16-23)7-12-28(41-30)19-34-20-29(37)26-4-3-15-33-18-26/h3-6,8-11,13-18,28-29,34-35,37H,7,12,19-20H2,1-2H3/t28-,29+/m1/s1. The van der Waals surface area contributed by atoms with Gasteiger partial charge in [0.1, 0.15) is 22.5 Å². The monoisotopic (exact) mass is 587 g/mol. The Morgan fingerprint density at radius 1 is 1.10 bits per heavy atom. The number of aliphatic hydroxyl groups is 1. The number of sulfonamides is 1. The third-order valence-corrected chi connectivity index (χ3v) is 8.60. The number of nitrogens with zero attached hydrogens (tertiary/aromatic N) is 1. The summed E-state index contributed by atoms with van der Waals surface area (Å²) in [6.45, 7) is 2.46. The van der Waals surface area contributed by atoms with Crippen molar-refractivity contribution in [1.29, 1.82) is 0 Å². The Morgan fingerprint density at radius 3 is 2.57 bits per heavy atom. The number of anilines is 1. The number of Topliss-reactive ketones (excluding diaryl/α,β-unsaturated/α-hetero) is 1. The fourth-order valence-electron chi connectivity index (χ4n) is 4.89. The largest absolute Gasteiger partial charge is 0.495 e. The Morgan fingerprint density at radius 2 is 1.86 bits per heavy atom. The summed E-state index contributed by atoms with van der Waals surface area (Å²) in [6.07, 6.45) is 4.27. The first-order chi connectivity index (χ1) is 20.2. The number of hydrogen-bond acceptors (Lipinski definition) is 8. The molecule has 0 fully saturated rings. The maximum atomic E-state index is 13.4. The molecular formula is C32H33N3O6S. The number of ketones is 1. The summed E-state index contributed by atoms with van der Waals surface area (Å²) in [7, 11) is -2.56. The number of pyridine rings is 1. The van der Waals surface area contributed by atoms with Crippen molar-refractivity contribution in [2.45, 2.75) is 36.9 Å². The molecule has 2 heterocycles. The van der Waals surface area contributed by atoms with Crippen LogP contribution >= 0.6 is 0 Å². The van der Waals surface area contributed by atoms with E-state index in [1.54, 1.807) is 54.9 Å². The van der Waals surface area contributed by atoms with Crippen LogP contribution in [0.3, 0.4) is 0 Å². The van der Waals surface area contributed by atoms with Gasteiger partial charge >= 0.3 is 0 Å². The molecule has 1 aliphatic heterocycles. The van der Waals surface area contributed by atoms with Gasteiger partial charge in [0.2, 0.25) is 0 Å². The predicted octanol–water partition coefficient (Wildman–Crippen LogP) is 4.78. The van der Waals surface area contributed by atoms with Gasteiger partial charge in [-0.2, -0.15) is 0 Å². The Balaban J connectivity index is 1.27. The number of rotatable bonds is 11. The van der Waals surface area contributed by atoms with E-state index in [2.05, 4.69) is 15.0 Å². The molecule has 3 aromatic carbocycles. The normalized spacial score (nSPS) is 15.3. The van der Waals surface area contributed by atoms with Crippen LogP contribution in [0, 0.1) is 0 Å². The van der Waals surface area contributed by atoms with Gasteiger partial charge in [0.15, 0.2) is 5.78 Å². The lowest BCUT2D eigenvalue weighted by Crippen LogP contribution is -2.36. The number of carbonyl (C=O) groups excluding carboxylic acids is 1. The van der Waals surface area contributed by atoms with Gasteiger partial charge in [0.25, 0.3) is 10.0 Å². The number of aryl methyl sites for hydroxylation is 1. The van der Waals surface area contributed by atoms with Crippen LogP contribution in [-0.2, 0) is 16.4 Å². The van der Waals surface area contributed by atoms with Crippen LogP contribution in [-0.4, -0.2) is 50.6 Å². The number of aromatic nitrogens is 1. The lowest BCUT2D eigenvalue weighted by Gasteiger charge is -2.27. The molecule has 5 rings (SSSR count). The van der Waals surface area contributed by atoms with Gasteiger partial charge in [0.05, 0.1) is 13.2 Å². The molecular weight excluding hydrogens is 554 g/mol. The summed E-state index contributed by atoms with van der Waals surface area (Å²) in [4.78, 5) is 15.6. The maximum absolute atomic E-state index is 13.4. The van der Waals surface area contributed by atoms with Gasteiger partial charge in [-0.05, 0) is 91.1 Å². The van der Waals surface area contributed by atoms with Crippen LogP contribution in [0.15, 0.2) is 90.1 Å². The average Bonchev–Trinajstić information content (AvgIpc) is 3.01. The summed E-state index contributed by atoms with van der Waals surface area (Å²) in [5.74, 6) is 0.913. The second-order valence-corrected chi connectivity index (χ2v) is 11.8. The quantitative estimate of drug-likeness (QED) is 0.214. The first-order valence-corrected chi connectivity index (χ1v) is 15.1. The van der Waals surface area contributed by atoms with Crippen molar-refractivity contribution in [3.63, 3.8) is 0 Å². The topological polar surface area (TPSA) is 127 Å². The number of fused-ring (bicyclic) bond motifs is 1. The number of benzene rings is 3. The summed E-state index contributed by atoms with van der Waals surface area (Å²) >= 11 is 0. The van der Waals surface area contributed by atoms with Gasteiger partial charge < -0.3 is 19.9 Å². The number of nitrogens with one attached hydrogen (secondary N) is 2. The van der Waals surface area contributed by atoms with Crippen molar-refractivity contribution in [1.82, 2.24) is 10.3 Å². The number of ether oxygens (including phenoxy) is 2. The first-order valence-electron chi connectivity index (χ1n) is 13.6. The van der Waals surface area contributed by atoms with Crippen molar-refractivity contribution in [3.8, 4) is 22.6 Å². The highest BCUT2D eigenvalue weighted by Gasteiger charge is 2.23. The van der Waals surface area contributed by atoms with E-state index in [0.717, 1.165) is 40.8 Å². The minimum atomic E-state index is -3.99. The van der Waals surface area contributed by atoms with Crippen molar-refractivity contribution < 1.29 is 27.8 Å². The summed E-state index contributed by atoms with van der Waals surface area (Å²) in [6, 6.07) is 20.8. The second-order valence-electron chi connectivity index (χ2n) is 10.2. The molecule has 10 heteroatoms. The maximum Gasteiger partial charge on any atom is 0.265 e. The number of hydrogen-bond donors (Lipinski definition) is 3. The molecule has 2 atom stereocenters. The molecule has 42 heavy (non-hydrogen) atoms. The van der Waals surface area contributed by atoms with Gasteiger partial charge in [0, 0.05) is 42.3 Å². The lowest BCUT2D eigenvalue weighted by atomic mass is 9.97. The number of aliphatic hydroxyl groups excluding tert-OH is 1. The summed E-state index contributed by atoms with van der Waals surface area (Å²) in [5.41, 5.74) is 4.23.